The van der Waals surface area contributed by atoms with Crippen LogP contribution in [0.25, 0.3) is 0 Å². The van der Waals surface area contributed by atoms with Gasteiger partial charge in [0.15, 0.2) is 0 Å². The van der Waals surface area contributed by atoms with Crippen LogP contribution in [0.3, 0.4) is 0 Å². The van der Waals surface area contributed by atoms with E-state index in [1.165, 1.54) is 6.07 Å². The highest BCUT2D eigenvalue weighted by molar-refractivity contribution is 7.89. The fraction of sp³-hybridized carbons (Fsp3) is 0.500. The zero-order valence-corrected chi connectivity index (χ0v) is 12.1. The molecule has 0 aliphatic carbocycles. The van der Waals surface area contributed by atoms with Crippen molar-refractivity contribution in [2.75, 3.05) is 12.3 Å². The van der Waals surface area contributed by atoms with Crippen molar-refractivity contribution in [3.8, 4) is 0 Å². The number of benzene rings is 1. The minimum atomic E-state index is -3.67. The van der Waals surface area contributed by atoms with Crippen LogP contribution in [0.5, 0.6) is 0 Å². The third-order valence-electron chi connectivity index (χ3n) is 2.83. The lowest BCUT2D eigenvalue weighted by molar-refractivity contribution is -0.383. The fourth-order valence-electron chi connectivity index (χ4n) is 1.71. The minimum Gasteiger partial charge on any atom is -0.393 e. The van der Waals surface area contributed by atoms with Gasteiger partial charge < -0.3 is 5.73 Å². The van der Waals surface area contributed by atoms with Crippen LogP contribution < -0.4 is 10.5 Å². The summed E-state index contributed by atoms with van der Waals surface area (Å²) in [5.41, 5.74) is 5.02. The summed E-state index contributed by atoms with van der Waals surface area (Å²) in [4.78, 5) is 9.91. The third-order valence-corrected chi connectivity index (χ3v) is 4.29. The molecule has 0 heterocycles. The number of nitrogens with one attached hydrogen (secondary N) is 1. The second-order valence-corrected chi connectivity index (χ2v) is 6.20. The molecule has 7 nitrogen and oxygen atoms in total. The van der Waals surface area contributed by atoms with E-state index in [0.717, 1.165) is 37.8 Å². The number of nitro groups is 1. The summed E-state index contributed by atoms with van der Waals surface area (Å²) in [5.74, 6) is 0. The van der Waals surface area contributed by atoms with Gasteiger partial charge >= 0.3 is 0 Å². The molecule has 0 spiro atoms. The molecule has 0 aromatic heterocycles. The molecule has 0 bridgehead atoms. The van der Waals surface area contributed by atoms with Crippen LogP contribution in [0.4, 0.5) is 11.4 Å². The maximum atomic E-state index is 12.0. The predicted molar refractivity (Wildman–Crippen MR) is 76.8 cm³/mol. The lowest BCUT2D eigenvalue weighted by atomic mass is 10.2. The van der Waals surface area contributed by atoms with Crippen molar-refractivity contribution in [3.05, 3.63) is 28.3 Å². The number of nitrogens with zero attached hydrogens (tertiary/aromatic N) is 1. The quantitative estimate of drug-likeness (QED) is 0.330. The first-order valence-corrected chi connectivity index (χ1v) is 7.90. The number of anilines is 1. The van der Waals surface area contributed by atoms with E-state index < -0.39 is 14.9 Å². The minimum absolute atomic E-state index is 0.0592. The highest BCUT2D eigenvalue weighted by Crippen LogP contribution is 2.24. The van der Waals surface area contributed by atoms with Crippen molar-refractivity contribution >= 4 is 21.4 Å². The Bertz CT molecular complexity index is 572. The van der Waals surface area contributed by atoms with Crippen molar-refractivity contribution in [1.82, 2.24) is 4.72 Å². The molecule has 1 aromatic rings. The van der Waals surface area contributed by atoms with E-state index in [4.69, 9.17) is 5.73 Å². The normalized spacial score (nSPS) is 11.4. The monoisotopic (exact) mass is 301 g/mol. The predicted octanol–water partition coefficient (Wildman–Crippen LogP) is 2.04. The van der Waals surface area contributed by atoms with Gasteiger partial charge in [0.05, 0.1) is 9.82 Å². The van der Waals surface area contributed by atoms with E-state index in [9.17, 15) is 18.5 Å². The standard InChI is InChI=1S/C12H19N3O4S/c1-2-3-4-5-8-14-20(18,19)10-6-7-12(15(16)17)11(13)9-10/h6-7,9,14H,2-5,8,13H2,1H3. The summed E-state index contributed by atoms with van der Waals surface area (Å²) < 4.78 is 26.4. The number of hydrogen-bond donors (Lipinski definition) is 2. The van der Waals surface area contributed by atoms with Crippen LogP contribution in [-0.4, -0.2) is 19.9 Å². The van der Waals surface area contributed by atoms with E-state index in [-0.39, 0.29) is 16.3 Å². The van der Waals surface area contributed by atoms with Gasteiger partial charge in [-0.1, -0.05) is 26.2 Å². The Hall–Kier alpha value is -1.67. The summed E-state index contributed by atoms with van der Waals surface area (Å²) in [7, 11) is -3.67. The first kappa shape index (κ1) is 16.4. The second-order valence-electron chi connectivity index (χ2n) is 4.44. The van der Waals surface area contributed by atoms with Crippen LogP contribution in [0.2, 0.25) is 0 Å². The van der Waals surface area contributed by atoms with Crippen molar-refractivity contribution in [2.24, 2.45) is 0 Å². The first-order chi connectivity index (χ1) is 9.38. The Kier molecular flexibility index (Phi) is 5.90. The molecule has 0 saturated carbocycles. The maximum absolute atomic E-state index is 12.0. The molecule has 3 N–H and O–H groups in total. The molecule has 0 amide bonds. The van der Waals surface area contributed by atoms with Gasteiger partial charge in [0.2, 0.25) is 10.0 Å². The lowest BCUT2D eigenvalue weighted by Crippen LogP contribution is -2.24. The molecule has 1 aromatic carbocycles. The molecule has 112 valence electrons. The van der Waals surface area contributed by atoms with Gasteiger partial charge in [0.1, 0.15) is 5.69 Å². The summed E-state index contributed by atoms with van der Waals surface area (Å²) >= 11 is 0. The van der Waals surface area contributed by atoms with E-state index in [1.807, 2.05) is 0 Å². The number of nitro benzene ring substituents is 1. The Labute approximate surface area is 118 Å². The molecule has 20 heavy (non-hydrogen) atoms. The number of unbranched alkanes of at least 4 members (excludes halogenated alkanes) is 3. The second kappa shape index (κ2) is 7.20. The van der Waals surface area contributed by atoms with Crippen LogP contribution in [0, 0.1) is 10.1 Å². The van der Waals surface area contributed by atoms with Crippen molar-refractivity contribution in [3.63, 3.8) is 0 Å². The van der Waals surface area contributed by atoms with Gasteiger partial charge in [-0.3, -0.25) is 10.1 Å². The van der Waals surface area contributed by atoms with Gasteiger partial charge in [-0.15, -0.1) is 0 Å². The summed E-state index contributed by atoms with van der Waals surface area (Å²) in [5, 5.41) is 10.6. The van der Waals surface area contributed by atoms with Crippen molar-refractivity contribution in [1.29, 1.82) is 0 Å². The van der Waals surface area contributed by atoms with Gasteiger partial charge in [0, 0.05) is 12.6 Å². The summed E-state index contributed by atoms with van der Waals surface area (Å²) in [6, 6.07) is 3.39. The number of nitrogens with two attached hydrogens (primary N) is 1. The zero-order valence-electron chi connectivity index (χ0n) is 11.3. The van der Waals surface area contributed by atoms with Gasteiger partial charge in [-0.2, -0.15) is 0 Å². The molecular formula is C12H19N3O4S. The summed E-state index contributed by atoms with van der Waals surface area (Å²) in [6.07, 6.45) is 3.86. The number of sulfonamides is 1. The number of hydrogen-bond acceptors (Lipinski definition) is 5. The van der Waals surface area contributed by atoms with Crippen LogP contribution in [0.15, 0.2) is 23.1 Å². The van der Waals surface area contributed by atoms with E-state index >= 15 is 0 Å². The Morgan fingerprint density at radius 3 is 2.55 bits per heavy atom. The van der Waals surface area contributed by atoms with Crippen molar-refractivity contribution in [2.45, 2.75) is 37.5 Å². The molecule has 0 aliphatic heterocycles. The highest BCUT2D eigenvalue weighted by Gasteiger charge is 2.18. The van der Waals surface area contributed by atoms with Gasteiger partial charge in [0.25, 0.3) is 5.69 Å². The highest BCUT2D eigenvalue weighted by atomic mass is 32.2. The zero-order chi connectivity index (χ0) is 15.2. The first-order valence-electron chi connectivity index (χ1n) is 6.42. The molecule has 0 aliphatic rings. The van der Waals surface area contributed by atoms with Crippen molar-refractivity contribution < 1.29 is 13.3 Å². The average molecular weight is 301 g/mol. The maximum Gasteiger partial charge on any atom is 0.292 e. The Balaban J connectivity index is 2.73. The SMILES string of the molecule is CCCCCCNS(=O)(=O)c1ccc([N+](=O)[O-])c(N)c1. The van der Waals surface area contributed by atoms with Gasteiger partial charge in [-0.25, -0.2) is 13.1 Å². The molecule has 1 rings (SSSR count). The molecule has 0 saturated heterocycles. The van der Waals surface area contributed by atoms with Gasteiger partial charge in [-0.05, 0) is 18.6 Å². The molecule has 0 atom stereocenters. The molecule has 0 radical (unpaired) electrons. The molecule has 8 heteroatoms. The summed E-state index contributed by atoms with van der Waals surface area (Å²) in [6.45, 7) is 2.42. The largest absolute Gasteiger partial charge is 0.393 e. The van der Waals surface area contributed by atoms with Crippen LogP contribution in [-0.2, 0) is 10.0 Å². The third kappa shape index (κ3) is 4.46. The van der Waals surface area contributed by atoms with E-state index in [2.05, 4.69) is 11.6 Å². The number of nitrogen functional groups attached to an aromatic ring is 1. The fourth-order valence-corrected chi connectivity index (χ4v) is 2.82. The smallest absolute Gasteiger partial charge is 0.292 e. The van der Waals surface area contributed by atoms with E-state index in [0.29, 0.717) is 6.54 Å². The molecule has 0 fully saturated rings. The molecular weight excluding hydrogens is 282 g/mol. The van der Waals surface area contributed by atoms with Crippen LogP contribution >= 0.6 is 0 Å². The average Bonchev–Trinajstić information content (AvgIpc) is 2.37. The number of rotatable bonds is 8. The Morgan fingerprint density at radius 1 is 1.30 bits per heavy atom. The Morgan fingerprint density at radius 2 is 2.00 bits per heavy atom. The lowest BCUT2D eigenvalue weighted by Gasteiger charge is -2.07. The topological polar surface area (TPSA) is 115 Å². The van der Waals surface area contributed by atoms with E-state index in [1.54, 1.807) is 0 Å². The molecule has 0 unspecified atom stereocenters. The van der Waals surface area contributed by atoms with Crippen LogP contribution in [0.1, 0.15) is 32.6 Å².